The van der Waals surface area contributed by atoms with Gasteiger partial charge in [0.1, 0.15) is 15.9 Å². The van der Waals surface area contributed by atoms with Crippen molar-refractivity contribution < 1.29 is 14.3 Å². The van der Waals surface area contributed by atoms with Gasteiger partial charge in [0, 0.05) is 24.8 Å². The number of hydrogen-bond donors (Lipinski definition) is 1. The average molecular weight is 555 g/mol. The fourth-order valence-corrected chi connectivity index (χ4v) is 6.30. The third kappa shape index (κ3) is 5.94. The average Bonchev–Trinajstić information content (AvgIpc) is 3.39. The van der Waals surface area contributed by atoms with Gasteiger partial charge in [0.25, 0.3) is 5.91 Å². The number of thioether (sulfide) groups is 1. The molecular formula is C23H25Cl2N5O3S2. The Kier molecular flexibility index (Phi) is 8.26. The molecule has 3 heterocycles. The Hall–Kier alpha value is -2.27. The van der Waals surface area contributed by atoms with Gasteiger partial charge in [0.2, 0.25) is 5.91 Å². The van der Waals surface area contributed by atoms with Gasteiger partial charge in [-0.15, -0.1) is 21.5 Å². The number of carbonyl (C=O) groups is 2. The minimum Gasteiger partial charge on any atom is -0.497 e. The van der Waals surface area contributed by atoms with Crippen LogP contribution in [0.2, 0.25) is 8.67 Å². The number of thiophene rings is 1. The molecule has 0 saturated carbocycles. The Bertz CT molecular complexity index is 1210. The molecule has 8 nitrogen and oxygen atoms in total. The summed E-state index contributed by atoms with van der Waals surface area (Å²) < 4.78 is 8.02. The highest BCUT2D eigenvalue weighted by molar-refractivity contribution is 7.99. The Morgan fingerprint density at radius 1 is 1.26 bits per heavy atom. The van der Waals surface area contributed by atoms with E-state index in [2.05, 4.69) is 15.5 Å². The molecule has 0 bridgehead atoms. The number of aromatic nitrogens is 3. The van der Waals surface area contributed by atoms with Crippen molar-refractivity contribution in [2.75, 3.05) is 26.0 Å². The third-order valence-corrected chi connectivity index (χ3v) is 8.30. The van der Waals surface area contributed by atoms with E-state index < -0.39 is 0 Å². The van der Waals surface area contributed by atoms with Gasteiger partial charge in [0.15, 0.2) is 5.16 Å². The van der Waals surface area contributed by atoms with E-state index in [1.54, 1.807) is 18.1 Å². The smallest absolute Gasteiger partial charge is 0.256 e. The number of hydrogen-bond acceptors (Lipinski definition) is 7. The first-order valence-electron chi connectivity index (χ1n) is 11.0. The number of ether oxygens (including phenoxy) is 1. The highest BCUT2D eigenvalue weighted by atomic mass is 35.5. The van der Waals surface area contributed by atoms with Gasteiger partial charge >= 0.3 is 0 Å². The second-order valence-electron chi connectivity index (χ2n) is 8.28. The molecule has 1 aromatic carbocycles. The summed E-state index contributed by atoms with van der Waals surface area (Å²) in [5.41, 5.74) is 1.33. The fourth-order valence-electron chi connectivity index (χ4n) is 4.04. The van der Waals surface area contributed by atoms with Crippen LogP contribution in [0, 0.1) is 12.8 Å². The van der Waals surface area contributed by atoms with Crippen LogP contribution in [-0.2, 0) is 4.79 Å². The SMILES string of the molecule is COc1ccc(-n2c(C)nnc2SCC(=O)NC2CCN(C(=O)c3cc(Cl)sc3Cl)CC2C)cc1. The van der Waals surface area contributed by atoms with Crippen LogP contribution in [0.1, 0.15) is 29.5 Å². The first-order valence-corrected chi connectivity index (χ1v) is 13.5. The second-order valence-corrected chi connectivity index (χ2v) is 11.5. The lowest BCUT2D eigenvalue weighted by Gasteiger charge is -2.37. The minimum absolute atomic E-state index is 0.0186. The van der Waals surface area contributed by atoms with E-state index in [-0.39, 0.29) is 29.5 Å². The van der Waals surface area contributed by atoms with Crippen LogP contribution in [0.4, 0.5) is 0 Å². The van der Waals surface area contributed by atoms with Crippen LogP contribution in [-0.4, -0.2) is 63.5 Å². The van der Waals surface area contributed by atoms with Crippen molar-refractivity contribution in [2.24, 2.45) is 5.92 Å². The number of amides is 2. The van der Waals surface area contributed by atoms with Gasteiger partial charge in [-0.05, 0) is 49.6 Å². The molecule has 12 heteroatoms. The molecule has 3 aromatic rings. The largest absolute Gasteiger partial charge is 0.497 e. The summed E-state index contributed by atoms with van der Waals surface area (Å²) in [7, 11) is 1.62. The van der Waals surface area contributed by atoms with Crippen molar-refractivity contribution in [3.05, 3.63) is 50.4 Å². The van der Waals surface area contributed by atoms with Crippen molar-refractivity contribution in [3.63, 3.8) is 0 Å². The Balaban J connectivity index is 1.32. The van der Waals surface area contributed by atoms with Gasteiger partial charge < -0.3 is 15.0 Å². The normalized spacial score (nSPS) is 17.9. The Morgan fingerprint density at radius 3 is 2.63 bits per heavy atom. The molecular weight excluding hydrogens is 529 g/mol. The Morgan fingerprint density at radius 2 is 2.00 bits per heavy atom. The molecule has 1 aliphatic heterocycles. The second kappa shape index (κ2) is 11.2. The molecule has 2 amide bonds. The molecule has 4 rings (SSSR count). The summed E-state index contributed by atoms with van der Waals surface area (Å²) in [5, 5.41) is 12.2. The summed E-state index contributed by atoms with van der Waals surface area (Å²) in [6.45, 7) is 4.97. The molecule has 1 N–H and O–H groups in total. The van der Waals surface area contributed by atoms with E-state index in [0.717, 1.165) is 17.3 Å². The van der Waals surface area contributed by atoms with Crippen LogP contribution in [0.3, 0.4) is 0 Å². The highest BCUT2D eigenvalue weighted by Gasteiger charge is 2.31. The van der Waals surface area contributed by atoms with E-state index >= 15 is 0 Å². The third-order valence-electron chi connectivity index (χ3n) is 5.88. The van der Waals surface area contributed by atoms with Crippen molar-refractivity contribution in [3.8, 4) is 11.4 Å². The number of halogens is 2. The maximum Gasteiger partial charge on any atom is 0.256 e. The number of methoxy groups -OCH3 is 1. The van der Waals surface area contributed by atoms with Crippen molar-refractivity contribution >= 4 is 58.1 Å². The minimum atomic E-state index is -0.126. The van der Waals surface area contributed by atoms with E-state index in [0.29, 0.717) is 38.9 Å². The van der Waals surface area contributed by atoms with Crippen LogP contribution in [0.5, 0.6) is 5.75 Å². The summed E-state index contributed by atoms with van der Waals surface area (Å²) in [5.74, 6) is 1.59. The first-order chi connectivity index (χ1) is 16.8. The zero-order valence-corrected chi connectivity index (χ0v) is 22.6. The van der Waals surface area contributed by atoms with Crippen molar-refractivity contribution in [2.45, 2.75) is 31.5 Å². The number of benzene rings is 1. The quantitative estimate of drug-likeness (QED) is 0.426. The summed E-state index contributed by atoms with van der Waals surface area (Å²) in [4.78, 5) is 27.3. The predicted molar refractivity (Wildman–Crippen MR) is 139 cm³/mol. The van der Waals surface area contributed by atoms with Crippen LogP contribution in [0.15, 0.2) is 35.5 Å². The van der Waals surface area contributed by atoms with Crippen molar-refractivity contribution in [1.29, 1.82) is 0 Å². The Labute approximate surface area is 221 Å². The predicted octanol–water partition coefficient (Wildman–Crippen LogP) is 4.71. The topological polar surface area (TPSA) is 89.3 Å². The molecule has 2 unspecified atom stereocenters. The van der Waals surface area contributed by atoms with Gasteiger partial charge in [-0.1, -0.05) is 41.9 Å². The van der Waals surface area contributed by atoms with Crippen molar-refractivity contribution in [1.82, 2.24) is 25.0 Å². The zero-order chi connectivity index (χ0) is 25.1. The summed E-state index contributed by atoms with van der Waals surface area (Å²) in [6, 6.07) is 9.18. The van der Waals surface area contributed by atoms with E-state index in [1.165, 1.54) is 23.1 Å². The number of piperidine rings is 1. The molecule has 2 aromatic heterocycles. The molecule has 0 aliphatic carbocycles. The first kappa shape index (κ1) is 25.8. The van der Waals surface area contributed by atoms with Crippen LogP contribution < -0.4 is 10.1 Å². The van der Waals surface area contributed by atoms with Gasteiger partial charge in [-0.25, -0.2) is 0 Å². The molecule has 0 radical (unpaired) electrons. The monoisotopic (exact) mass is 553 g/mol. The molecule has 186 valence electrons. The maximum absolute atomic E-state index is 12.8. The number of aryl methyl sites for hydroxylation is 1. The number of likely N-dealkylation sites (tertiary alicyclic amines) is 1. The van der Waals surface area contributed by atoms with Crippen LogP contribution >= 0.6 is 46.3 Å². The van der Waals surface area contributed by atoms with E-state index in [9.17, 15) is 9.59 Å². The molecule has 1 saturated heterocycles. The molecule has 2 atom stereocenters. The number of nitrogens with one attached hydrogen (secondary N) is 1. The lowest BCUT2D eigenvalue weighted by atomic mass is 9.93. The molecule has 35 heavy (non-hydrogen) atoms. The molecule has 0 spiro atoms. The van der Waals surface area contributed by atoms with Crippen LogP contribution in [0.25, 0.3) is 5.69 Å². The zero-order valence-electron chi connectivity index (χ0n) is 19.5. The molecule has 1 aliphatic rings. The number of rotatable bonds is 7. The van der Waals surface area contributed by atoms with Gasteiger partial charge in [0.05, 0.1) is 22.8 Å². The number of carbonyl (C=O) groups excluding carboxylic acids is 2. The van der Waals surface area contributed by atoms with E-state index in [1.807, 2.05) is 42.7 Å². The van der Waals surface area contributed by atoms with Gasteiger partial charge in [-0.2, -0.15) is 0 Å². The summed E-state index contributed by atoms with van der Waals surface area (Å²) >= 11 is 14.7. The number of nitrogens with zero attached hydrogens (tertiary/aromatic N) is 4. The summed E-state index contributed by atoms with van der Waals surface area (Å²) in [6.07, 6.45) is 0.667. The lowest BCUT2D eigenvalue weighted by molar-refractivity contribution is -0.119. The standard InChI is InChI=1S/C23H25Cl2N5O3S2/c1-13-11-29(22(32)17-10-19(24)35-21(17)25)9-8-18(13)26-20(31)12-34-23-28-27-14(2)30(23)15-4-6-16(33-3)7-5-15/h4-7,10,13,18H,8-9,11-12H2,1-3H3,(H,26,31). The lowest BCUT2D eigenvalue weighted by Crippen LogP contribution is -2.51. The maximum atomic E-state index is 12.8. The fraction of sp³-hybridized carbons (Fsp3) is 0.391. The van der Waals surface area contributed by atoms with Gasteiger partial charge in [-0.3, -0.25) is 14.2 Å². The highest BCUT2D eigenvalue weighted by Crippen LogP contribution is 2.33. The molecule has 1 fully saturated rings. The van der Waals surface area contributed by atoms with E-state index in [4.69, 9.17) is 27.9 Å².